The van der Waals surface area contributed by atoms with Gasteiger partial charge in [-0.1, -0.05) is 0 Å². The van der Waals surface area contributed by atoms with Gasteiger partial charge < -0.3 is 5.32 Å². The summed E-state index contributed by atoms with van der Waals surface area (Å²) < 4.78 is 0.898. The minimum atomic E-state index is -0.327. The molecule has 0 saturated carbocycles. The highest BCUT2D eigenvalue weighted by Gasteiger charge is 2.08. The topological polar surface area (TPSA) is 67.8 Å². The zero-order valence-electron chi connectivity index (χ0n) is 9.01. The van der Waals surface area contributed by atoms with E-state index in [1.807, 2.05) is 6.92 Å². The maximum Gasteiger partial charge on any atom is 0.277 e. The predicted molar refractivity (Wildman–Crippen MR) is 66.7 cm³/mol. The van der Waals surface area contributed by atoms with Gasteiger partial charge in [0, 0.05) is 23.1 Å². The van der Waals surface area contributed by atoms with E-state index in [4.69, 9.17) is 0 Å². The van der Waals surface area contributed by atoms with Crippen molar-refractivity contribution in [3.63, 3.8) is 0 Å². The Balaban J connectivity index is 2.16. The van der Waals surface area contributed by atoms with Gasteiger partial charge in [0.2, 0.25) is 0 Å². The number of pyridine rings is 1. The number of rotatable bonds is 2. The van der Waals surface area contributed by atoms with Gasteiger partial charge in [0.05, 0.1) is 6.20 Å². The molecular weight excluding hydrogens is 284 g/mol. The van der Waals surface area contributed by atoms with Crippen LogP contribution in [-0.4, -0.2) is 20.9 Å². The fourth-order valence-corrected chi connectivity index (χ4v) is 1.42. The Morgan fingerprint density at radius 1 is 1.29 bits per heavy atom. The summed E-state index contributed by atoms with van der Waals surface area (Å²) in [6.07, 6.45) is 6.02. The Morgan fingerprint density at radius 2 is 2.12 bits per heavy atom. The third kappa shape index (κ3) is 2.85. The molecule has 0 radical (unpaired) electrons. The standard InChI is InChI=1S/C11H9BrN4O/c1-7-4-10(15-5-8(7)12)16-11(17)9-6-13-2-3-14-9/h2-6H,1H3,(H,15,16,17). The van der Waals surface area contributed by atoms with E-state index < -0.39 is 0 Å². The lowest BCUT2D eigenvalue weighted by molar-refractivity contribution is 0.102. The molecule has 0 saturated heterocycles. The Morgan fingerprint density at radius 3 is 2.76 bits per heavy atom. The highest BCUT2D eigenvalue weighted by molar-refractivity contribution is 9.10. The van der Waals surface area contributed by atoms with Crippen LogP contribution < -0.4 is 5.32 Å². The van der Waals surface area contributed by atoms with Crippen molar-refractivity contribution in [2.24, 2.45) is 0 Å². The number of amides is 1. The first kappa shape index (κ1) is 11.7. The molecule has 0 fully saturated rings. The van der Waals surface area contributed by atoms with Crippen molar-refractivity contribution in [1.82, 2.24) is 15.0 Å². The quantitative estimate of drug-likeness (QED) is 0.921. The molecule has 0 aliphatic carbocycles. The molecule has 2 aromatic rings. The average Bonchev–Trinajstić information content (AvgIpc) is 2.35. The van der Waals surface area contributed by atoms with Crippen LogP contribution in [0.5, 0.6) is 0 Å². The number of hydrogen-bond acceptors (Lipinski definition) is 4. The van der Waals surface area contributed by atoms with Crippen molar-refractivity contribution in [1.29, 1.82) is 0 Å². The van der Waals surface area contributed by atoms with E-state index in [1.54, 1.807) is 12.3 Å². The summed E-state index contributed by atoms with van der Waals surface area (Å²) >= 11 is 3.34. The van der Waals surface area contributed by atoms with E-state index in [2.05, 4.69) is 36.2 Å². The second kappa shape index (κ2) is 5.01. The molecule has 1 N–H and O–H groups in total. The Hall–Kier alpha value is -1.82. The zero-order valence-corrected chi connectivity index (χ0v) is 10.6. The second-order valence-electron chi connectivity index (χ2n) is 3.36. The van der Waals surface area contributed by atoms with Gasteiger partial charge in [-0.3, -0.25) is 9.78 Å². The first-order chi connectivity index (χ1) is 8.16. The summed E-state index contributed by atoms with van der Waals surface area (Å²) in [5.74, 6) is 0.161. The molecule has 0 unspecified atom stereocenters. The van der Waals surface area contributed by atoms with Gasteiger partial charge in [-0.15, -0.1) is 0 Å². The first-order valence-electron chi connectivity index (χ1n) is 4.86. The van der Waals surface area contributed by atoms with E-state index in [-0.39, 0.29) is 11.6 Å². The van der Waals surface area contributed by atoms with Crippen LogP contribution >= 0.6 is 15.9 Å². The molecule has 0 bridgehead atoms. The van der Waals surface area contributed by atoms with Crippen LogP contribution in [0.15, 0.2) is 35.3 Å². The molecule has 6 heteroatoms. The maximum absolute atomic E-state index is 11.7. The summed E-state index contributed by atoms with van der Waals surface area (Å²) in [4.78, 5) is 23.6. The normalized spacial score (nSPS) is 10.0. The highest BCUT2D eigenvalue weighted by Crippen LogP contribution is 2.17. The number of halogens is 1. The van der Waals surface area contributed by atoms with Gasteiger partial charge in [-0.05, 0) is 34.5 Å². The van der Waals surface area contributed by atoms with Crippen LogP contribution in [0.2, 0.25) is 0 Å². The fraction of sp³-hybridized carbons (Fsp3) is 0.0909. The van der Waals surface area contributed by atoms with Gasteiger partial charge in [0.25, 0.3) is 5.91 Å². The van der Waals surface area contributed by atoms with Gasteiger partial charge in [-0.2, -0.15) is 0 Å². The lowest BCUT2D eigenvalue weighted by Crippen LogP contribution is -2.14. The summed E-state index contributed by atoms with van der Waals surface area (Å²) in [6, 6.07) is 1.78. The zero-order chi connectivity index (χ0) is 12.3. The third-order valence-corrected chi connectivity index (χ3v) is 2.91. The van der Waals surface area contributed by atoms with E-state index in [1.165, 1.54) is 18.6 Å². The molecule has 0 atom stereocenters. The molecule has 2 aromatic heterocycles. The van der Waals surface area contributed by atoms with Gasteiger partial charge >= 0.3 is 0 Å². The van der Waals surface area contributed by atoms with E-state index in [0.717, 1.165) is 10.0 Å². The SMILES string of the molecule is Cc1cc(NC(=O)c2cnccn2)ncc1Br. The van der Waals surface area contributed by atoms with Crippen molar-refractivity contribution in [3.8, 4) is 0 Å². The molecule has 5 nitrogen and oxygen atoms in total. The largest absolute Gasteiger partial charge is 0.305 e. The maximum atomic E-state index is 11.7. The van der Waals surface area contributed by atoms with Crippen molar-refractivity contribution in [3.05, 3.63) is 46.6 Å². The number of hydrogen-bond donors (Lipinski definition) is 1. The number of carbonyl (C=O) groups excluding carboxylic acids is 1. The van der Waals surface area contributed by atoms with Crippen molar-refractivity contribution >= 4 is 27.7 Å². The number of aryl methyl sites for hydroxylation is 1. The van der Waals surface area contributed by atoms with Crippen molar-refractivity contribution in [2.45, 2.75) is 6.92 Å². The van der Waals surface area contributed by atoms with Gasteiger partial charge in [0.1, 0.15) is 11.5 Å². The Kier molecular flexibility index (Phi) is 3.43. The monoisotopic (exact) mass is 292 g/mol. The molecule has 86 valence electrons. The van der Waals surface area contributed by atoms with Gasteiger partial charge in [0.15, 0.2) is 0 Å². The first-order valence-corrected chi connectivity index (χ1v) is 5.65. The Labute approximate surface area is 106 Å². The predicted octanol–water partition coefficient (Wildman–Crippen LogP) is 2.19. The molecular formula is C11H9BrN4O. The molecule has 2 heterocycles. The molecule has 0 spiro atoms. The minimum Gasteiger partial charge on any atom is -0.305 e. The molecule has 0 aliphatic rings. The van der Waals surface area contributed by atoms with Crippen LogP contribution in [0.1, 0.15) is 16.1 Å². The third-order valence-electron chi connectivity index (χ3n) is 2.08. The molecule has 17 heavy (non-hydrogen) atoms. The Bertz CT molecular complexity index is 544. The molecule has 0 aromatic carbocycles. The lowest BCUT2D eigenvalue weighted by Gasteiger charge is -2.05. The van der Waals surface area contributed by atoms with E-state index in [0.29, 0.717) is 5.82 Å². The summed E-state index contributed by atoms with van der Waals surface area (Å²) in [6.45, 7) is 1.92. The van der Waals surface area contributed by atoms with Crippen LogP contribution in [0.4, 0.5) is 5.82 Å². The fourth-order valence-electron chi connectivity index (χ4n) is 1.20. The smallest absolute Gasteiger partial charge is 0.277 e. The van der Waals surface area contributed by atoms with Gasteiger partial charge in [-0.25, -0.2) is 9.97 Å². The van der Waals surface area contributed by atoms with Crippen molar-refractivity contribution in [2.75, 3.05) is 5.32 Å². The molecule has 0 aliphatic heterocycles. The number of nitrogens with one attached hydrogen (secondary N) is 1. The molecule has 2 rings (SSSR count). The molecule has 1 amide bonds. The van der Waals surface area contributed by atoms with Crippen LogP contribution in [-0.2, 0) is 0 Å². The average molecular weight is 293 g/mol. The van der Waals surface area contributed by atoms with Crippen molar-refractivity contribution < 1.29 is 4.79 Å². The second-order valence-corrected chi connectivity index (χ2v) is 4.22. The summed E-state index contributed by atoms with van der Waals surface area (Å²) in [7, 11) is 0. The number of aromatic nitrogens is 3. The van der Waals surface area contributed by atoms with E-state index in [9.17, 15) is 4.79 Å². The van der Waals surface area contributed by atoms with E-state index >= 15 is 0 Å². The van der Waals surface area contributed by atoms with Crippen LogP contribution in [0.25, 0.3) is 0 Å². The number of nitrogens with zero attached hydrogens (tertiary/aromatic N) is 3. The minimum absolute atomic E-state index is 0.259. The summed E-state index contributed by atoms with van der Waals surface area (Å²) in [5, 5.41) is 2.65. The van der Waals surface area contributed by atoms with Crippen LogP contribution in [0.3, 0.4) is 0 Å². The lowest BCUT2D eigenvalue weighted by atomic mass is 10.3. The summed E-state index contributed by atoms with van der Waals surface area (Å²) in [5.41, 5.74) is 1.25. The van der Waals surface area contributed by atoms with Crippen LogP contribution in [0, 0.1) is 6.92 Å². The highest BCUT2D eigenvalue weighted by atomic mass is 79.9. The number of carbonyl (C=O) groups is 1. The number of anilines is 1.